The van der Waals surface area contributed by atoms with Crippen molar-refractivity contribution in [1.82, 2.24) is 0 Å². The van der Waals surface area contributed by atoms with Crippen molar-refractivity contribution in [2.75, 3.05) is 0 Å². The van der Waals surface area contributed by atoms with Crippen molar-refractivity contribution < 1.29 is 27.5 Å². The topological polar surface area (TPSA) is 20.2 Å². The summed E-state index contributed by atoms with van der Waals surface area (Å²) in [6, 6.07) is 0. The van der Waals surface area contributed by atoms with E-state index in [2.05, 4.69) is 6.92 Å². The first-order valence-corrected chi connectivity index (χ1v) is 2.99. The van der Waals surface area contributed by atoms with E-state index in [9.17, 15) is 0 Å². The number of aliphatic hydroxyl groups excluding tert-OH is 1. The normalized spacial score (nSPS) is 12.4. The molecule has 0 amide bonds. The van der Waals surface area contributed by atoms with Gasteiger partial charge >= 0.3 is 0 Å². The minimum Gasteiger partial charge on any atom is -0.393 e. The quantitative estimate of drug-likeness (QED) is 0.677. The Hall–Kier alpha value is 0.700. The molecule has 0 fully saturated rings. The maximum atomic E-state index is 8.86. The van der Waals surface area contributed by atoms with E-state index in [-0.39, 0.29) is 28.5 Å². The van der Waals surface area contributed by atoms with E-state index in [1.165, 1.54) is 0 Å². The summed E-state index contributed by atoms with van der Waals surface area (Å²) < 4.78 is 0. The molecule has 0 spiro atoms. The van der Waals surface area contributed by atoms with Gasteiger partial charge in [-0.1, -0.05) is 20.3 Å². The molecule has 0 rings (SSSR count). The summed E-state index contributed by atoms with van der Waals surface area (Å²) in [4.78, 5) is 0. The maximum Gasteiger partial charge on any atom is 0.0537 e. The standard InChI is InChI=1S/C6H14O.Nb/c1-3-5-6(7)4-2;/h6-7H,3-5H2,1-2H3;. The summed E-state index contributed by atoms with van der Waals surface area (Å²) >= 11 is 0. The van der Waals surface area contributed by atoms with Crippen LogP contribution < -0.4 is 0 Å². The molecule has 8 heavy (non-hydrogen) atoms. The van der Waals surface area contributed by atoms with Gasteiger partial charge in [-0.15, -0.1) is 0 Å². The Bertz CT molecular complexity index is 39.5. The van der Waals surface area contributed by atoms with Crippen molar-refractivity contribution >= 4 is 0 Å². The van der Waals surface area contributed by atoms with Crippen LogP contribution in [0.3, 0.4) is 0 Å². The second-order valence-corrected chi connectivity index (χ2v) is 1.85. The fourth-order valence-corrected chi connectivity index (χ4v) is 0.537. The second kappa shape index (κ2) is 7.70. The second-order valence-electron chi connectivity index (χ2n) is 1.85. The van der Waals surface area contributed by atoms with Crippen molar-refractivity contribution in [3.63, 3.8) is 0 Å². The molecule has 1 nitrogen and oxygen atoms in total. The van der Waals surface area contributed by atoms with Crippen LogP contribution in [0, 0.1) is 0 Å². The first-order chi connectivity index (χ1) is 3.31. The van der Waals surface area contributed by atoms with Gasteiger partial charge in [-0.25, -0.2) is 0 Å². The minimum absolute atomic E-state index is 0. The third kappa shape index (κ3) is 6.70. The van der Waals surface area contributed by atoms with Gasteiger partial charge in [-0.05, 0) is 12.8 Å². The zero-order chi connectivity index (χ0) is 5.70. The minimum atomic E-state index is -0.0509. The zero-order valence-corrected chi connectivity index (χ0v) is 7.79. The van der Waals surface area contributed by atoms with Crippen LogP contribution in [0.25, 0.3) is 0 Å². The molecule has 0 heterocycles. The molecular formula is C6H14NbO. The molecule has 0 aromatic carbocycles. The van der Waals surface area contributed by atoms with E-state index in [4.69, 9.17) is 5.11 Å². The van der Waals surface area contributed by atoms with Crippen LogP contribution in [0.5, 0.6) is 0 Å². The molecule has 1 unspecified atom stereocenters. The molecule has 0 saturated heterocycles. The van der Waals surface area contributed by atoms with Gasteiger partial charge in [0.25, 0.3) is 0 Å². The summed E-state index contributed by atoms with van der Waals surface area (Å²) in [5.74, 6) is 0. The molecule has 0 aliphatic heterocycles. The summed E-state index contributed by atoms with van der Waals surface area (Å²) in [5.41, 5.74) is 0. The van der Waals surface area contributed by atoms with Gasteiger partial charge in [-0.3, -0.25) is 0 Å². The molecule has 49 valence electrons. The van der Waals surface area contributed by atoms with E-state index in [0.29, 0.717) is 0 Å². The SMILES string of the molecule is CCCC(O)CC.[Nb]. The van der Waals surface area contributed by atoms with E-state index in [1.54, 1.807) is 0 Å². The number of hydrogen-bond acceptors (Lipinski definition) is 1. The Labute approximate surface area is 67.0 Å². The summed E-state index contributed by atoms with van der Waals surface area (Å²) in [6.07, 6.45) is 2.89. The Morgan fingerprint density at radius 2 is 1.88 bits per heavy atom. The molecule has 0 aromatic heterocycles. The third-order valence-electron chi connectivity index (χ3n) is 1.09. The first-order valence-electron chi connectivity index (χ1n) is 2.99. The Morgan fingerprint density at radius 1 is 1.38 bits per heavy atom. The molecule has 0 bridgehead atoms. The van der Waals surface area contributed by atoms with Crippen LogP contribution >= 0.6 is 0 Å². The van der Waals surface area contributed by atoms with Crippen molar-refractivity contribution in [2.24, 2.45) is 0 Å². The summed E-state index contributed by atoms with van der Waals surface area (Å²) in [5, 5.41) is 8.86. The summed E-state index contributed by atoms with van der Waals surface area (Å²) in [7, 11) is 0. The van der Waals surface area contributed by atoms with Gasteiger partial charge < -0.3 is 5.11 Å². The molecule has 1 radical (unpaired) electrons. The fraction of sp³-hybridized carbons (Fsp3) is 1.00. The van der Waals surface area contributed by atoms with Crippen LogP contribution in [-0.2, 0) is 22.4 Å². The zero-order valence-electron chi connectivity index (χ0n) is 5.59. The first kappa shape index (κ1) is 11.5. The number of aliphatic hydroxyl groups is 1. The molecule has 2 heteroatoms. The van der Waals surface area contributed by atoms with Crippen LogP contribution in [0.1, 0.15) is 33.1 Å². The third-order valence-corrected chi connectivity index (χ3v) is 1.09. The van der Waals surface area contributed by atoms with Gasteiger partial charge in [0.2, 0.25) is 0 Å². The van der Waals surface area contributed by atoms with Crippen LogP contribution in [0.15, 0.2) is 0 Å². The smallest absolute Gasteiger partial charge is 0.0537 e. The Morgan fingerprint density at radius 3 is 2.00 bits per heavy atom. The van der Waals surface area contributed by atoms with Gasteiger partial charge in [0, 0.05) is 22.4 Å². The predicted octanol–water partition coefficient (Wildman–Crippen LogP) is 1.55. The molecule has 0 saturated carbocycles. The molecular weight excluding hydrogens is 181 g/mol. The molecule has 1 atom stereocenters. The van der Waals surface area contributed by atoms with Gasteiger partial charge in [0.1, 0.15) is 0 Å². The molecule has 0 aliphatic carbocycles. The van der Waals surface area contributed by atoms with Crippen molar-refractivity contribution in [2.45, 2.75) is 39.2 Å². The average molecular weight is 195 g/mol. The number of hydrogen-bond donors (Lipinski definition) is 1. The largest absolute Gasteiger partial charge is 0.393 e. The molecule has 1 N–H and O–H groups in total. The monoisotopic (exact) mass is 195 g/mol. The van der Waals surface area contributed by atoms with E-state index >= 15 is 0 Å². The summed E-state index contributed by atoms with van der Waals surface area (Å²) in [6.45, 7) is 4.08. The van der Waals surface area contributed by atoms with Crippen molar-refractivity contribution in [3.05, 3.63) is 0 Å². The van der Waals surface area contributed by atoms with E-state index < -0.39 is 0 Å². The predicted molar refractivity (Wildman–Crippen MR) is 31.2 cm³/mol. The van der Waals surface area contributed by atoms with Crippen LogP contribution in [-0.4, -0.2) is 11.2 Å². The van der Waals surface area contributed by atoms with Gasteiger partial charge in [-0.2, -0.15) is 0 Å². The number of rotatable bonds is 3. The van der Waals surface area contributed by atoms with E-state index in [1.807, 2.05) is 6.92 Å². The van der Waals surface area contributed by atoms with E-state index in [0.717, 1.165) is 19.3 Å². The molecule has 0 aliphatic rings. The van der Waals surface area contributed by atoms with Crippen LogP contribution in [0.4, 0.5) is 0 Å². The Balaban J connectivity index is 0. The fourth-order valence-electron chi connectivity index (χ4n) is 0.537. The molecule has 0 aromatic rings. The van der Waals surface area contributed by atoms with Crippen molar-refractivity contribution in [3.8, 4) is 0 Å². The maximum absolute atomic E-state index is 8.86. The van der Waals surface area contributed by atoms with Gasteiger partial charge in [0.05, 0.1) is 6.10 Å². The van der Waals surface area contributed by atoms with Crippen LogP contribution in [0.2, 0.25) is 0 Å². The van der Waals surface area contributed by atoms with Gasteiger partial charge in [0.15, 0.2) is 0 Å². The average Bonchev–Trinajstić information content (AvgIpc) is 1.68. The van der Waals surface area contributed by atoms with Crippen molar-refractivity contribution in [1.29, 1.82) is 0 Å². The Kier molecular flexibility index (Phi) is 11.1.